The smallest absolute Gasteiger partial charge is 0.243 e. The zero-order valence-corrected chi connectivity index (χ0v) is 12.0. The fourth-order valence-electron chi connectivity index (χ4n) is 2.64. The highest BCUT2D eigenvalue weighted by Gasteiger charge is 2.40. The van der Waals surface area contributed by atoms with Gasteiger partial charge in [-0.15, -0.1) is 0 Å². The molecule has 1 aliphatic heterocycles. The zero-order chi connectivity index (χ0) is 14.5. The Morgan fingerprint density at radius 3 is 2.53 bits per heavy atom. The Morgan fingerprint density at radius 1 is 1.42 bits per heavy atom. The lowest BCUT2D eigenvalue weighted by Crippen LogP contribution is -2.49. The fourth-order valence-corrected chi connectivity index (χ4v) is 2.64. The molecular weight excluding hydrogens is 242 g/mol. The van der Waals surface area contributed by atoms with E-state index in [-0.39, 0.29) is 17.7 Å². The predicted molar refractivity (Wildman–Crippen MR) is 72.0 cm³/mol. The summed E-state index contributed by atoms with van der Waals surface area (Å²) in [4.78, 5) is 25.9. The molecule has 1 heterocycles. The lowest BCUT2D eigenvalue weighted by atomic mass is 9.81. The molecule has 1 rings (SSSR count). The van der Waals surface area contributed by atoms with Gasteiger partial charge in [-0.05, 0) is 25.7 Å². The average molecular weight is 265 g/mol. The van der Waals surface area contributed by atoms with Crippen LogP contribution < -0.4 is 5.32 Å². The molecule has 0 radical (unpaired) electrons. The molecule has 1 saturated heterocycles. The van der Waals surface area contributed by atoms with Crippen LogP contribution in [0.5, 0.6) is 0 Å². The molecule has 0 bridgehead atoms. The lowest BCUT2D eigenvalue weighted by molar-refractivity contribution is -0.142. The molecule has 1 unspecified atom stereocenters. The Labute approximate surface area is 115 Å². The monoisotopic (exact) mass is 265 g/mol. The molecule has 0 aromatic carbocycles. The van der Waals surface area contributed by atoms with Crippen LogP contribution in [0.2, 0.25) is 0 Å². The van der Waals surface area contributed by atoms with Crippen LogP contribution in [-0.2, 0) is 9.59 Å². The normalized spacial score (nSPS) is 19.7. The minimum Gasteiger partial charge on any atom is -0.359 e. The Hall–Kier alpha value is -1.57. The van der Waals surface area contributed by atoms with E-state index < -0.39 is 5.41 Å². The highest BCUT2D eigenvalue weighted by atomic mass is 16.2. The second-order valence-electron chi connectivity index (χ2n) is 5.11. The van der Waals surface area contributed by atoms with Crippen molar-refractivity contribution in [2.45, 2.75) is 39.5 Å². The third-order valence-electron chi connectivity index (χ3n) is 4.16. The minimum absolute atomic E-state index is 0.0203. The molecular formula is C14H23N3O2. The minimum atomic E-state index is -0.926. The van der Waals surface area contributed by atoms with Crippen molar-refractivity contribution in [3.63, 3.8) is 0 Å². The Kier molecular flexibility index (Phi) is 5.34. The number of carbonyl (C=O) groups excluding carboxylic acids is 2. The van der Waals surface area contributed by atoms with Gasteiger partial charge in [0.05, 0.1) is 12.0 Å². The van der Waals surface area contributed by atoms with Gasteiger partial charge >= 0.3 is 0 Å². The maximum absolute atomic E-state index is 12.5. The molecule has 1 aliphatic rings. The van der Waals surface area contributed by atoms with E-state index in [1.807, 2.05) is 13.8 Å². The summed E-state index contributed by atoms with van der Waals surface area (Å²) < 4.78 is 0. The highest BCUT2D eigenvalue weighted by molar-refractivity contribution is 5.86. The molecule has 1 fully saturated rings. The average Bonchev–Trinajstić information content (AvgIpc) is 2.48. The topological polar surface area (TPSA) is 73.2 Å². The molecule has 0 aromatic rings. The van der Waals surface area contributed by atoms with Gasteiger partial charge in [0.2, 0.25) is 11.8 Å². The number of amides is 2. The third kappa shape index (κ3) is 3.06. The van der Waals surface area contributed by atoms with E-state index >= 15 is 0 Å². The van der Waals surface area contributed by atoms with E-state index in [4.69, 9.17) is 0 Å². The van der Waals surface area contributed by atoms with Crippen molar-refractivity contribution in [2.24, 2.45) is 11.3 Å². The van der Waals surface area contributed by atoms with Crippen LogP contribution in [0.3, 0.4) is 0 Å². The number of nitrogens with one attached hydrogen (secondary N) is 1. The number of likely N-dealkylation sites (tertiary alicyclic amines) is 1. The number of hydrogen-bond acceptors (Lipinski definition) is 3. The standard InChI is InChI=1S/C14H23N3O2/c1-4-14(5-2,10-15)13(19)17-8-6-7-11(9-17)12(18)16-3/h11H,4-9H2,1-3H3,(H,16,18). The molecule has 2 amide bonds. The van der Waals surface area contributed by atoms with Crippen LogP contribution in [-0.4, -0.2) is 36.9 Å². The van der Waals surface area contributed by atoms with Crippen molar-refractivity contribution in [3.05, 3.63) is 0 Å². The van der Waals surface area contributed by atoms with Crippen LogP contribution >= 0.6 is 0 Å². The van der Waals surface area contributed by atoms with Gasteiger partial charge in [-0.2, -0.15) is 5.26 Å². The number of rotatable bonds is 4. The first-order valence-corrected chi connectivity index (χ1v) is 6.96. The zero-order valence-electron chi connectivity index (χ0n) is 12.0. The van der Waals surface area contributed by atoms with Crippen molar-refractivity contribution in [3.8, 4) is 6.07 Å². The summed E-state index contributed by atoms with van der Waals surface area (Å²) in [7, 11) is 1.61. The molecule has 0 spiro atoms. The second kappa shape index (κ2) is 6.55. The van der Waals surface area contributed by atoms with Gasteiger partial charge in [-0.3, -0.25) is 9.59 Å². The van der Waals surface area contributed by atoms with Crippen LogP contribution in [0.4, 0.5) is 0 Å². The summed E-state index contributed by atoms with van der Waals surface area (Å²) in [6, 6.07) is 2.18. The van der Waals surface area contributed by atoms with Crippen LogP contribution in [0, 0.1) is 22.7 Å². The molecule has 1 atom stereocenters. The van der Waals surface area contributed by atoms with Crippen molar-refractivity contribution in [1.82, 2.24) is 10.2 Å². The van der Waals surface area contributed by atoms with Gasteiger partial charge in [0.15, 0.2) is 0 Å². The van der Waals surface area contributed by atoms with E-state index in [9.17, 15) is 14.9 Å². The molecule has 0 saturated carbocycles. The van der Waals surface area contributed by atoms with E-state index in [2.05, 4.69) is 11.4 Å². The van der Waals surface area contributed by atoms with Crippen LogP contribution in [0.25, 0.3) is 0 Å². The maximum Gasteiger partial charge on any atom is 0.243 e. The lowest BCUT2D eigenvalue weighted by Gasteiger charge is -2.36. The van der Waals surface area contributed by atoms with Crippen molar-refractivity contribution in [1.29, 1.82) is 5.26 Å². The quantitative estimate of drug-likeness (QED) is 0.832. The molecule has 0 aliphatic carbocycles. The summed E-state index contributed by atoms with van der Waals surface area (Å²) in [6.07, 6.45) is 2.65. The second-order valence-corrected chi connectivity index (χ2v) is 5.11. The van der Waals surface area contributed by atoms with Gasteiger partial charge in [0.1, 0.15) is 5.41 Å². The first kappa shape index (κ1) is 15.5. The highest BCUT2D eigenvalue weighted by Crippen LogP contribution is 2.30. The van der Waals surface area contributed by atoms with Gasteiger partial charge in [0.25, 0.3) is 0 Å². The van der Waals surface area contributed by atoms with Gasteiger partial charge < -0.3 is 10.2 Å². The Bertz CT molecular complexity index is 383. The number of carbonyl (C=O) groups is 2. The van der Waals surface area contributed by atoms with Crippen molar-refractivity contribution < 1.29 is 9.59 Å². The largest absolute Gasteiger partial charge is 0.359 e. The number of nitrogens with zero attached hydrogens (tertiary/aromatic N) is 2. The Morgan fingerprint density at radius 2 is 2.05 bits per heavy atom. The molecule has 106 valence electrons. The van der Waals surface area contributed by atoms with E-state index in [0.29, 0.717) is 25.9 Å². The molecule has 19 heavy (non-hydrogen) atoms. The summed E-state index contributed by atoms with van der Waals surface area (Å²) in [5, 5.41) is 12.0. The predicted octanol–water partition coefficient (Wildman–Crippen LogP) is 1.30. The van der Waals surface area contributed by atoms with Crippen LogP contribution in [0.1, 0.15) is 39.5 Å². The van der Waals surface area contributed by atoms with E-state index in [0.717, 1.165) is 12.8 Å². The number of hydrogen-bond donors (Lipinski definition) is 1. The van der Waals surface area contributed by atoms with Gasteiger partial charge in [0, 0.05) is 20.1 Å². The fraction of sp³-hybridized carbons (Fsp3) is 0.786. The first-order chi connectivity index (χ1) is 9.04. The van der Waals surface area contributed by atoms with E-state index in [1.54, 1.807) is 11.9 Å². The van der Waals surface area contributed by atoms with Crippen molar-refractivity contribution in [2.75, 3.05) is 20.1 Å². The molecule has 0 aromatic heterocycles. The van der Waals surface area contributed by atoms with E-state index in [1.165, 1.54) is 0 Å². The Balaban J connectivity index is 2.82. The van der Waals surface area contributed by atoms with Crippen LogP contribution in [0.15, 0.2) is 0 Å². The van der Waals surface area contributed by atoms with Gasteiger partial charge in [-0.1, -0.05) is 13.8 Å². The first-order valence-electron chi connectivity index (χ1n) is 6.96. The number of nitriles is 1. The maximum atomic E-state index is 12.5. The molecule has 5 heteroatoms. The third-order valence-corrected chi connectivity index (χ3v) is 4.16. The van der Waals surface area contributed by atoms with Gasteiger partial charge in [-0.25, -0.2) is 0 Å². The summed E-state index contributed by atoms with van der Waals surface area (Å²) in [5.74, 6) is -0.283. The summed E-state index contributed by atoms with van der Waals surface area (Å²) >= 11 is 0. The summed E-state index contributed by atoms with van der Waals surface area (Å²) in [6.45, 7) is 4.81. The molecule has 5 nitrogen and oxygen atoms in total. The molecule has 1 N–H and O–H groups in total. The summed E-state index contributed by atoms with van der Waals surface area (Å²) in [5.41, 5.74) is -0.926. The van der Waals surface area contributed by atoms with Crippen molar-refractivity contribution >= 4 is 11.8 Å². The SMILES string of the molecule is CCC(C#N)(CC)C(=O)N1CCCC(C(=O)NC)C1. The number of piperidine rings is 1.